The summed E-state index contributed by atoms with van der Waals surface area (Å²) in [5.74, 6) is 0.762. The monoisotopic (exact) mass is 494 g/mol. The van der Waals surface area contributed by atoms with Gasteiger partial charge in [-0.15, -0.1) is 0 Å². The lowest BCUT2D eigenvalue weighted by atomic mass is 10.0. The van der Waals surface area contributed by atoms with E-state index in [2.05, 4.69) is 28.2 Å². The molecule has 1 atom stereocenters. The molecule has 0 aliphatic carbocycles. The number of carbonyl (C=O) groups excluding carboxylic acids is 1. The standard InChI is InChI=1S/C22H27BrN2O4S/c1-16-10-12-25(13-11-16)30(27,28)21-8-6-20(7-9-21)29-15-22(26)24-17(2)18-4-3-5-19(23)14-18/h3-9,14,16-17H,10-13,15H2,1-2H3,(H,24,26). The van der Waals surface area contributed by atoms with Crippen LogP contribution in [0.4, 0.5) is 0 Å². The maximum absolute atomic E-state index is 12.8. The van der Waals surface area contributed by atoms with E-state index in [1.165, 1.54) is 12.1 Å². The fourth-order valence-corrected chi connectivity index (χ4v) is 5.26. The molecule has 30 heavy (non-hydrogen) atoms. The van der Waals surface area contributed by atoms with E-state index in [0.717, 1.165) is 22.9 Å². The summed E-state index contributed by atoms with van der Waals surface area (Å²) >= 11 is 3.42. The summed E-state index contributed by atoms with van der Waals surface area (Å²) in [4.78, 5) is 12.4. The van der Waals surface area contributed by atoms with Crippen molar-refractivity contribution < 1.29 is 17.9 Å². The zero-order valence-electron chi connectivity index (χ0n) is 17.2. The lowest BCUT2D eigenvalue weighted by Gasteiger charge is -2.29. The first-order valence-electron chi connectivity index (χ1n) is 10.0. The molecule has 1 unspecified atom stereocenters. The average Bonchev–Trinajstić information content (AvgIpc) is 2.73. The lowest BCUT2D eigenvalue weighted by Crippen LogP contribution is -2.37. The molecule has 1 amide bonds. The van der Waals surface area contributed by atoms with Gasteiger partial charge in [-0.1, -0.05) is 35.0 Å². The second-order valence-corrected chi connectivity index (χ2v) is 10.5. The van der Waals surface area contributed by atoms with Crippen LogP contribution in [0.2, 0.25) is 0 Å². The van der Waals surface area contributed by atoms with E-state index < -0.39 is 10.0 Å². The van der Waals surface area contributed by atoms with Gasteiger partial charge in [-0.25, -0.2) is 8.42 Å². The quantitative estimate of drug-likeness (QED) is 0.627. The maximum atomic E-state index is 12.8. The molecule has 1 N–H and O–H groups in total. The Labute approximate surface area is 186 Å². The van der Waals surface area contributed by atoms with Gasteiger partial charge in [0.15, 0.2) is 6.61 Å². The first kappa shape index (κ1) is 22.8. The van der Waals surface area contributed by atoms with Gasteiger partial charge < -0.3 is 10.1 Å². The molecule has 2 aromatic carbocycles. The Kier molecular flexibility index (Phi) is 7.55. The van der Waals surface area contributed by atoms with E-state index in [0.29, 0.717) is 24.8 Å². The number of piperidine rings is 1. The summed E-state index contributed by atoms with van der Waals surface area (Å²) in [7, 11) is -3.49. The lowest BCUT2D eigenvalue weighted by molar-refractivity contribution is -0.123. The molecule has 162 valence electrons. The normalized spacial score (nSPS) is 16.8. The van der Waals surface area contributed by atoms with Gasteiger partial charge in [0.2, 0.25) is 10.0 Å². The van der Waals surface area contributed by atoms with Crippen LogP contribution >= 0.6 is 15.9 Å². The second kappa shape index (κ2) is 9.94. The van der Waals surface area contributed by atoms with Gasteiger partial charge in [0, 0.05) is 17.6 Å². The fourth-order valence-electron chi connectivity index (χ4n) is 3.37. The van der Waals surface area contributed by atoms with E-state index in [1.54, 1.807) is 16.4 Å². The van der Waals surface area contributed by atoms with E-state index in [9.17, 15) is 13.2 Å². The number of carbonyl (C=O) groups is 1. The molecule has 0 saturated carbocycles. The van der Waals surface area contributed by atoms with Gasteiger partial charge in [0.05, 0.1) is 10.9 Å². The topological polar surface area (TPSA) is 75.7 Å². The van der Waals surface area contributed by atoms with Crippen LogP contribution in [0, 0.1) is 5.92 Å². The Balaban J connectivity index is 1.53. The molecule has 3 rings (SSSR count). The Hall–Kier alpha value is -1.90. The number of benzene rings is 2. The number of hydrogen-bond donors (Lipinski definition) is 1. The van der Waals surface area contributed by atoms with Crippen molar-refractivity contribution in [2.45, 2.75) is 37.6 Å². The second-order valence-electron chi connectivity index (χ2n) is 7.69. The van der Waals surface area contributed by atoms with Crippen molar-refractivity contribution in [3.63, 3.8) is 0 Å². The third-order valence-corrected chi connectivity index (χ3v) is 7.71. The number of halogens is 1. The van der Waals surface area contributed by atoms with Gasteiger partial charge in [-0.05, 0) is 67.6 Å². The molecule has 0 radical (unpaired) electrons. The van der Waals surface area contributed by atoms with Crippen molar-refractivity contribution in [2.75, 3.05) is 19.7 Å². The van der Waals surface area contributed by atoms with Crippen molar-refractivity contribution in [1.82, 2.24) is 9.62 Å². The van der Waals surface area contributed by atoms with Gasteiger partial charge in [-0.2, -0.15) is 4.31 Å². The predicted octanol–water partition coefficient (Wildman–Crippen LogP) is 4.13. The zero-order valence-corrected chi connectivity index (χ0v) is 19.6. The largest absolute Gasteiger partial charge is 0.484 e. The van der Waals surface area contributed by atoms with Crippen molar-refractivity contribution in [2.24, 2.45) is 5.92 Å². The highest BCUT2D eigenvalue weighted by atomic mass is 79.9. The Morgan fingerprint density at radius 1 is 1.20 bits per heavy atom. The summed E-state index contributed by atoms with van der Waals surface area (Å²) in [5.41, 5.74) is 0.986. The van der Waals surface area contributed by atoms with E-state index >= 15 is 0 Å². The van der Waals surface area contributed by atoms with E-state index in [-0.39, 0.29) is 23.5 Å². The molecule has 1 aliphatic heterocycles. The minimum atomic E-state index is -3.49. The summed E-state index contributed by atoms with van der Waals surface area (Å²) < 4.78 is 33.6. The molecule has 2 aromatic rings. The Morgan fingerprint density at radius 2 is 1.87 bits per heavy atom. The van der Waals surface area contributed by atoms with Crippen molar-refractivity contribution in [3.05, 3.63) is 58.6 Å². The van der Waals surface area contributed by atoms with Crippen LogP contribution in [0.1, 0.15) is 38.3 Å². The SMILES string of the molecule is CC1CCN(S(=O)(=O)c2ccc(OCC(=O)NC(C)c3cccc(Br)c3)cc2)CC1. The minimum Gasteiger partial charge on any atom is -0.484 e. The Bertz CT molecular complexity index is 971. The highest BCUT2D eigenvalue weighted by Crippen LogP contribution is 2.25. The molecule has 1 saturated heterocycles. The summed E-state index contributed by atoms with van der Waals surface area (Å²) in [6.45, 7) is 5.01. The first-order chi connectivity index (χ1) is 14.3. The number of amides is 1. The summed E-state index contributed by atoms with van der Waals surface area (Å²) in [6.07, 6.45) is 1.77. The van der Waals surface area contributed by atoms with Crippen LogP contribution in [0.15, 0.2) is 57.9 Å². The van der Waals surface area contributed by atoms with Crippen LogP contribution in [-0.4, -0.2) is 38.3 Å². The van der Waals surface area contributed by atoms with Gasteiger partial charge in [0.1, 0.15) is 5.75 Å². The fraction of sp³-hybridized carbons (Fsp3) is 0.409. The summed E-state index contributed by atoms with van der Waals surface area (Å²) in [6, 6.07) is 13.8. The number of sulfonamides is 1. The summed E-state index contributed by atoms with van der Waals surface area (Å²) in [5, 5.41) is 2.89. The molecule has 6 nitrogen and oxygen atoms in total. The van der Waals surface area contributed by atoms with Crippen molar-refractivity contribution in [1.29, 1.82) is 0 Å². The first-order valence-corrected chi connectivity index (χ1v) is 12.3. The van der Waals surface area contributed by atoms with Crippen LogP contribution in [0.25, 0.3) is 0 Å². The molecular weight excluding hydrogens is 468 g/mol. The van der Waals surface area contributed by atoms with Crippen LogP contribution in [0.5, 0.6) is 5.75 Å². The van der Waals surface area contributed by atoms with Gasteiger partial charge >= 0.3 is 0 Å². The molecule has 0 aromatic heterocycles. The number of nitrogens with one attached hydrogen (secondary N) is 1. The number of ether oxygens (including phenoxy) is 1. The van der Waals surface area contributed by atoms with Crippen LogP contribution in [0.3, 0.4) is 0 Å². The van der Waals surface area contributed by atoms with Crippen molar-refractivity contribution >= 4 is 31.9 Å². The van der Waals surface area contributed by atoms with E-state index in [1.807, 2.05) is 31.2 Å². The number of nitrogens with zero attached hydrogens (tertiary/aromatic N) is 1. The number of hydrogen-bond acceptors (Lipinski definition) is 4. The predicted molar refractivity (Wildman–Crippen MR) is 120 cm³/mol. The van der Waals surface area contributed by atoms with Crippen LogP contribution < -0.4 is 10.1 Å². The molecule has 1 aliphatic rings. The smallest absolute Gasteiger partial charge is 0.258 e. The molecular formula is C22H27BrN2O4S. The van der Waals surface area contributed by atoms with Crippen LogP contribution in [-0.2, 0) is 14.8 Å². The number of rotatable bonds is 7. The molecule has 1 heterocycles. The molecule has 8 heteroatoms. The maximum Gasteiger partial charge on any atom is 0.258 e. The van der Waals surface area contributed by atoms with E-state index in [4.69, 9.17) is 4.74 Å². The zero-order chi connectivity index (χ0) is 21.7. The Morgan fingerprint density at radius 3 is 2.50 bits per heavy atom. The van der Waals surface area contributed by atoms with Gasteiger partial charge in [-0.3, -0.25) is 4.79 Å². The highest BCUT2D eigenvalue weighted by molar-refractivity contribution is 9.10. The third-order valence-electron chi connectivity index (χ3n) is 5.30. The van der Waals surface area contributed by atoms with Crippen molar-refractivity contribution in [3.8, 4) is 5.75 Å². The highest BCUT2D eigenvalue weighted by Gasteiger charge is 2.27. The molecule has 0 spiro atoms. The third kappa shape index (κ3) is 5.83. The molecule has 0 bridgehead atoms. The molecule has 1 fully saturated rings. The average molecular weight is 495 g/mol. The van der Waals surface area contributed by atoms with Gasteiger partial charge in [0.25, 0.3) is 5.91 Å². The minimum absolute atomic E-state index is 0.144.